The molecule has 18 nitrogen and oxygen atoms in total. The van der Waals surface area contributed by atoms with Gasteiger partial charge >= 0.3 is 0 Å². The number of nitrogens with one attached hydrogen (secondary N) is 2. The van der Waals surface area contributed by atoms with Gasteiger partial charge in [0.2, 0.25) is 20.0 Å². The molecule has 2 fully saturated rings. The van der Waals surface area contributed by atoms with Gasteiger partial charge in [-0.3, -0.25) is 18.7 Å². The van der Waals surface area contributed by atoms with Crippen molar-refractivity contribution in [2.45, 2.75) is 67.6 Å². The molecular formula is C42H48N4O14S6. The molecule has 2 aliphatic rings. The minimum Gasteiger partial charge on any atom is -0.379 e. The Bertz CT molecular complexity index is 2790. The lowest BCUT2D eigenvalue weighted by atomic mass is 10.1. The Hall–Kier alpha value is -4.18. The van der Waals surface area contributed by atoms with E-state index in [0.717, 1.165) is 24.3 Å². The van der Waals surface area contributed by atoms with Crippen LogP contribution in [0.4, 0.5) is 11.4 Å². The predicted molar refractivity (Wildman–Crippen MR) is 251 cm³/mol. The molecule has 4 aromatic carbocycles. The summed E-state index contributed by atoms with van der Waals surface area (Å²) in [4.78, 5) is 26.4. The molecule has 2 saturated heterocycles. The second-order valence-corrected chi connectivity index (χ2v) is 25.2. The topological polar surface area (TPSA) is 260 Å². The van der Waals surface area contributed by atoms with Crippen LogP contribution in [0, 0.1) is 0 Å². The van der Waals surface area contributed by atoms with E-state index in [0.29, 0.717) is 9.79 Å². The van der Waals surface area contributed by atoms with E-state index in [-0.39, 0.29) is 107 Å². The number of hydrogen-bond donors (Lipinski definition) is 4. The van der Waals surface area contributed by atoms with Crippen LogP contribution < -0.4 is 10.6 Å². The summed E-state index contributed by atoms with van der Waals surface area (Å²) in [5.74, 6) is -1.57. The Balaban J connectivity index is 1.25. The second-order valence-electron chi connectivity index (χ2n) is 15.4. The smallest absolute Gasteiger partial charge is 0.295 e. The van der Waals surface area contributed by atoms with Crippen LogP contribution in [0.3, 0.4) is 0 Å². The lowest BCUT2D eigenvalue weighted by Gasteiger charge is -2.27. The van der Waals surface area contributed by atoms with Gasteiger partial charge in [-0.2, -0.15) is 25.4 Å². The van der Waals surface area contributed by atoms with E-state index >= 15 is 0 Å². The molecule has 0 bridgehead atoms. The molecule has 66 heavy (non-hydrogen) atoms. The Morgan fingerprint density at radius 1 is 0.545 bits per heavy atom. The average Bonchev–Trinajstić information content (AvgIpc) is 3.25. The van der Waals surface area contributed by atoms with Crippen molar-refractivity contribution < 1.29 is 61.8 Å². The number of anilines is 2. The summed E-state index contributed by atoms with van der Waals surface area (Å²) in [6, 6.07) is 15.3. The number of carbonyl (C=O) groups excluding carboxylic acids is 2. The van der Waals surface area contributed by atoms with Crippen LogP contribution in [0.25, 0.3) is 12.2 Å². The van der Waals surface area contributed by atoms with Crippen LogP contribution in [-0.4, -0.2) is 126 Å². The van der Waals surface area contributed by atoms with Crippen LogP contribution in [0.5, 0.6) is 0 Å². The molecule has 0 unspecified atom stereocenters. The van der Waals surface area contributed by atoms with Gasteiger partial charge in [-0.25, -0.2) is 16.8 Å². The standard InChI is InChI=1S/C42H48N4O14S6/c1-27(2)61-35-13-9-31(23-39(35)63(49,50)45-15-19-59-20-16-45)41(47)43-33-11-7-29(37(25-33)65(53,54)55)5-6-30-8-12-34(26-38(30)66(56,57)58)44-42(48)32-10-14-36(62-28(3)4)40(24-32)64(51,52)46-17-21-60-22-18-46/h5-14,23-28H,15-22H2,1-4H3,(H,43,47)(H,44,48)(H,53,54,55)(H,56,57,58)/b6-5+. The third-order valence-electron chi connectivity index (χ3n) is 9.85. The first-order valence-electron chi connectivity index (χ1n) is 20.3. The van der Waals surface area contributed by atoms with Crippen LogP contribution in [0.1, 0.15) is 59.5 Å². The van der Waals surface area contributed by atoms with Gasteiger partial charge in [0.05, 0.1) is 36.2 Å². The first-order chi connectivity index (χ1) is 30.9. The van der Waals surface area contributed by atoms with E-state index in [1.165, 1.54) is 92.8 Å². The van der Waals surface area contributed by atoms with E-state index in [1.54, 1.807) is 0 Å². The molecular weight excluding hydrogens is 977 g/mol. The second kappa shape index (κ2) is 21.0. The summed E-state index contributed by atoms with van der Waals surface area (Å²) in [5, 5.41) is 5.08. The predicted octanol–water partition coefficient (Wildman–Crippen LogP) is 5.90. The highest BCUT2D eigenvalue weighted by molar-refractivity contribution is 8.01. The third kappa shape index (κ3) is 12.5. The summed E-state index contributed by atoms with van der Waals surface area (Å²) in [6.07, 6.45) is 2.27. The van der Waals surface area contributed by atoms with Crippen molar-refractivity contribution in [1.29, 1.82) is 0 Å². The molecule has 0 atom stereocenters. The zero-order valence-corrected chi connectivity index (χ0v) is 40.9. The monoisotopic (exact) mass is 1020 g/mol. The molecule has 0 aromatic heterocycles. The molecule has 4 aromatic rings. The molecule has 2 heterocycles. The van der Waals surface area contributed by atoms with Crippen molar-refractivity contribution in [1.82, 2.24) is 8.61 Å². The van der Waals surface area contributed by atoms with Crippen LogP contribution >= 0.6 is 23.5 Å². The van der Waals surface area contributed by atoms with Crippen molar-refractivity contribution in [2.75, 3.05) is 63.2 Å². The third-order valence-corrected chi connectivity index (χ3v) is 18.0. The molecule has 0 aliphatic carbocycles. The Morgan fingerprint density at radius 2 is 0.894 bits per heavy atom. The van der Waals surface area contributed by atoms with Gasteiger partial charge in [0.25, 0.3) is 32.1 Å². The van der Waals surface area contributed by atoms with Gasteiger partial charge in [-0.1, -0.05) is 52.0 Å². The zero-order valence-electron chi connectivity index (χ0n) is 36.0. The molecule has 2 aliphatic heterocycles. The summed E-state index contributed by atoms with van der Waals surface area (Å²) in [7, 11) is -18.1. The Kier molecular flexibility index (Phi) is 16.3. The van der Waals surface area contributed by atoms with Gasteiger partial charge in [0.1, 0.15) is 9.79 Å². The van der Waals surface area contributed by atoms with Crippen LogP contribution in [0.15, 0.2) is 102 Å². The molecule has 0 spiro atoms. The van der Waals surface area contributed by atoms with Crippen molar-refractivity contribution in [2.24, 2.45) is 0 Å². The van der Waals surface area contributed by atoms with Crippen LogP contribution in [-0.2, 0) is 49.8 Å². The summed E-state index contributed by atoms with van der Waals surface area (Å²) < 4.78 is 139. The number of ether oxygens (including phenoxy) is 2. The first kappa shape index (κ1) is 51.2. The van der Waals surface area contributed by atoms with E-state index < -0.39 is 61.9 Å². The fraction of sp³-hybridized carbons (Fsp3) is 0.333. The van der Waals surface area contributed by atoms with E-state index in [9.17, 15) is 52.4 Å². The molecule has 4 N–H and O–H groups in total. The summed E-state index contributed by atoms with van der Waals surface area (Å²) in [6.45, 7) is 8.95. The van der Waals surface area contributed by atoms with E-state index in [2.05, 4.69) is 10.6 Å². The molecule has 24 heteroatoms. The van der Waals surface area contributed by atoms with Gasteiger partial charge in [-0.15, -0.1) is 23.5 Å². The lowest BCUT2D eigenvalue weighted by Crippen LogP contribution is -2.40. The highest BCUT2D eigenvalue weighted by atomic mass is 32.2. The number of benzene rings is 4. The average molecular weight is 1030 g/mol. The maximum Gasteiger partial charge on any atom is 0.295 e. The van der Waals surface area contributed by atoms with Gasteiger partial charge < -0.3 is 20.1 Å². The summed E-state index contributed by atoms with van der Waals surface area (Å²) in [5.41, 5.74) is -0.619. The van der Waals surface area contributed by atoms with Crippen LogP contribution in [0.2, 0.25) is 0 Å². The SMILES string of the molecule is CC(C)Sc1ccc(C(=O)Nc2ccc(/C=C/c3ccc(NC(=O)c4ccc(SC(C)C)c(S(=O)(=O)N5CCOCC5)c4)cc3S(=O)(=O)O)c(S(=O)(=O)O)c2)cc1S(=O)(=O)N1CCOCC1. The maximum absolute atomic E-state index is 13.7. The maximum atomic E-state index is 13.7. The highest BCUT2D eigenvalue weighted by Gasteiger charge is 2.32. The number of sulfonamides is 2. The normalized spacial score (nSPS) is 15.9. The molecule has 356 valence electrons. The Morgan fingerprint density at radius 3 is 1.21 bits per heavy atom. The number of rotatable bonds is 16. The number of hydrogen-bond acceptors (Lipinski definition) is 14. The van der Waals surface area contributed by atoms with Gasteiger partial charge in [-0.05, 0) is 71.8 Å². The van der Waals surface area contributed by atoms with Gasteiger partial charge in [0.15, 0.2) is 0 Å². The lowest BCUT2D eigenvalue weighted by molar-refractivity contribution is 0.0729. The zero-order chi connectivity index (χ0) is 48.2. The van der Waals surface area contributed by atoms with Crippen molar-refractivity contribution in [3.8, 4) is 0 Å². The minimum atomic E-state index is -4.99. The fourth-order valence-corrected chi connectivity index (χ4v) is 13.8. The number of amides is 2. The molecule has 0 saturated carbocycles. The molecule has 2 amide bonds. The summed E-state index contributed by atoms with van der Waals surface area (Å²) >= 11 is 2.61. The fourth-order valence-electron chi connectivity index (χ4n) is 6.79. The van der Waals surface area contributed by atoms with Crippen molar-refractivity contribution in [3.05, 3.63) is 95.1 Å². The Labute approximate surface area is 393 Å². The number of carbonyl (C=O) groups is 2. The minimum absolute atomic E-state index is 0.0100. The first-order valence-corrected chi connectivity index (χ1v) is 27.8. The number of nitrogens with zero attached hydrogens (tertiary/aromatic N) is 2. The quantitative estimate of drug-likeness (QED) is 0.0579. The van der Waals surface area contributed by atoms with E-state index in [4.69, 9.17) is 9.47 Å². The van der Waals surface area contributed by atoms with Crippen molar-refractivity contribution in [3.63, 3.8) is 0 Å². The highest BCUT2D eigenvalue weighted by Crippen LogP contribution is 2.35. The molecule has 6 rings (SSSR count). The van der Waals surface area contributed by atoms with Crippen molar-refractivity contribution >= 4 is 99.1 Å². The van der Waals surface area contributed by atoms with Gasteiger partial charge in [0, 0.05) is 69.0 Å². The number of thioether (sulfide) groups is 2. The molecule has 0 radical (unpaired) electrons. The number of morpholine rings is 2. The largest absolute Gasteiger partial charge is 0.379 e. The van der Waals surface area contributed by atoms with E-state index in [1.807, 2.05) is 27.7 Å².